The molecule has 0 saturated carbocycles. The number of hydrogen-bond donors (Lipinski definition) is 2. The van der Waals surface area contributed by atoms with Crippen LogP contribution in [-0.4, -0.2) is 40.0 Å². The molecule has 0 aliphatic rings. The number of amides is 1. The molecule has 0 saturated heterocycles. The molecule has 0 heterocycles. The van der Waals surface area contributed by atoms with Crippen LogP contribution in [0.4, 0.5) is 5.69 Å². The van der Waals surface area contributed by atoms with Crippen LogP contribution in [0.1, 0.15) is 5.56 Å². The topological polar surface area (TPSA) is 81.2 Å². The number of fused-ring (bicyclic) bond motifs is 1. The molecule has 3 aromatic rings. The molecule has 0 aliphatic heterocycles. The summed E-state index contributed by atoms with van der Waals surface area (Å²) in [7, 11) is 4.62. The smallest absolute Gasteiger partial charge is 0.259 e. The number of methoxy groups -OCH3 is 3. The zero-order valence-electron chi connectivity index (χ0n) is 16.6. The summed E-state index contributed by atoms with van der Waals surface area (Å²) in [6.45, 7) is 0.102. The van der Waals surface area contributed by atoms with Crippen LogP contribution in [0.25, 0.3) is 10.8 Å². The molecule has 0 aromatic heterocycles. The van der Waals surface area contributed by atoms with E-state index in [0.29, 0.717) is 22.8 Å². The fraction of sp³-hybridized carbons (Fsp3) is 0.182. The molecule has 0 aliphatic carbocycles. The molecule has 7 heteroatoms. The highest BCUT2D eigenvalue weighted by Crippen LogP contribution is 2.37. The van der Waals surface area contributed by atoms with E-state index in [0.717, 1.165) is 16.5 Å². The van der Waals surface area contributed by atoms with Gasteiger partial charge in [-0.05, 0) is 35.0 Å². The second-order valence-corrected chi connectivity index (χ2v) is 6.17. The van der Waals surface area contributed by atoms with Gasteiger partial charge in [-0.3, -0.25) is 4.79 Å². The lowest BCUT2D eigenvalue weighted by atomic mass is 10.1. The molecule has 150 valence electrons. The van der Waals surface area contributed by atoms with Gasteiger partial charge < -0.3 is 19.5 Å². The minimum absolute atomic E-state index is 0.102. The third-order valence-electron chi connectivity index (χ3n) is 4.29. The summed E-state index contributed by atoms with van der Waals surface area (Å²) in [5.41, 5.74) is 4.06. The Morgan fingerprint density at radius 3 is 2.28 bits per heavy atom. The lowest BCUT2D eigenvalue weighted by molar-refractivity contribution is -0.119. The summed E-state index contributed by atoms with van der Waals surface area (Å²) in [5.74, 6) is 1.26. The van der Waals surface area contributed by atoms with Crippen LogP contribution in [0, 0.1) is 0 Å². The molecule has 7 nitrogen and oxygen atoms in total. The molecule has 0 unspecified atom stereocenters. The fourth-order valence-electron chi connectivity index (χ4n) is 2.88. The van der Waals surface area contributed by atoms with Gasteiger partial charge in [0.25, 0.3) is 5.91 Å². The van der Waals surface area contributed by atoms with E-state index in [-0.39, 0.29) is 12.5 Å². The summed E-state index contributed by atoms with van der Waals surface area (Å²) in [6, 6.07) is 17.5. The van der Waals surface area contributed by atoms with Crippen molar-refractivity contribution in [1.29, 1.82) is 0 Å². The van der Waals surface area contributed by atoms with Crippen molar-refractivity contribution in [2.24, 2.45) is 5.10 Å². The molecule has 0 bridgehead atoms. The Bertz CT molecular complexity index is 1010. The molecule has 0 spiro atoms. The van der Waals surface area contributed by atoms with Gasteiger partial charge in [-0.1, -0.05) is 30.3 Å². The highest BCUT2D eigenvalue weighted by molar-refractivity contribution is 5.88. The highest BCUT2D eigenvalue weighted by atomic mass is 16.5. The minimum Gasteiger partial charge on any atom is -0.493 e. The van der Waals surface area contributed by atoms with E-state index < -0.39 is 0 Å². The first-order chi connectivity index (χ1) is 14.1. The van der Waals surface area contributed by atoms with Crippen LogP contribution in [-0.2, 0) is 4.79 Å². The van der Waals surface area contributed by atoms with Gasteiger partial charge in [-0.15, -0.1) is 0 Å². The Morgan fingerprint density at radius 1 is 0.931 bits per heavy atom. The van der Waals surface area contributed by atoms with Gasteiger partial charge >= 0.3 is 0 Å². The zero-order chi connectivity index (χ0) is 20.6. The molecule has 1 amide bonds. The van der Waals surface area contributed by atoms with Gasteiger partial charge in [-0.25, -0.2) is 5.43 Å². The number of benzene rings is 3. The highest BCUT2D eigenvalue weighted by Gasteiger charge is 2.12. The first-order valence-corrected chi connectivity index (χ1v) is 8.99. The quantitative estimate of drug-likeness (QED) is 0.453. The monoisotopic (exact) mass is 393 g/mol. The van der Waals surface area contributed by atoms with Crippen molar-refractivity contribution in [2.45, 2.75) is 0 Å². The third kappa shape index (κ3) is 4.95. The van der Waals surface area contributed by atoms with E-state index >= 15 is 0 Å². The Morgan fingerprint density at radius 2 is 1.62 bits per heavy atom. The lowest BCUT2D eigenvalue weighted by Crippen LogP contribution is -2.25. The van der Waals surface area contributed by atoms with Gasteiger partial charge in [0.1, 0.15) is 0 Å². The Kier molecular flexibility index (Phi) is 6.52. The number of hydrazone groups is 1. The second-order valence-electron chi connectivity index (χ2n) is 6.17. The van der Waals surface area contributed by atoms with Crippen molar-refractivity contribution in [2.75, 3.05) is 33.2 Å². The van der Waals surface area contributed by atoms with Crippen LogP contribution >= 0.6 is 0 Å². The largest absolute Gasteiger partial charge is 0.493 e. The number of carbonyl (C=O) groups is 1. The fourth-order valence-corrected chi connectivity index (χ4v) is 2.88. The normalized spacial score (nSPS) is 10.7. The number of rotatable bonds is 8. The van der Waals surface area contributed by atoms with Crippen LogP contribution in [0.5, 0.6) is 17.2 Å². The Hall–Kier alpha value is -3.74. The average Bonchev–Trinajstić information content (AvgIpc) is 2.76. The van der Waals surface area contributed by atoms with Gasteiger partial charge in [0.2, 0.25) is 5.75 Å². The van der Waals surface area contributed by atoms with Crippen molar-refractivity contribution in [3.8, 4) is 17.2 Å². The van der Waals surface area contributed by atoms with Crippen molar-refractivity contribution in [1.82, 2.24) is 5.43 Å². The van der Waals surface area contributed by atoms with Crippen molar-refractivity contribution < 1.29 is 19.0 Å². The second kappa shape index (κ2) is 9.45. The van der Waals surface area contributed by atoms with Crippen LogP contribution in [0.15, 0.2) is 59.7 Å². The van der Waals surface area contributed by atoms with Crippen molar-refractivity contribution >= 4 is 28.6 Å². The van der Waals surface area contributed by atoms with Crippen LogP contribution in [0.2, 0.25) is 0 Å². The van der Waals surface area contributed by atoms with Gasteiger partial charge in [0, 0.05) is 11.3 Å². The average molecular weight is 393 g/mol. The number of hydrogen-bond acceptors (Lipinski definition) is 6. The molecule has 0 fully saturated rings. The number of ether oxygens (including phenoxy) is 3. The van der Waals surface area contributed by atoms with Crippen LogP contribution < -0.4 is 25.0 Å². The van der Waals surface area contributed by atoms with E-state index in [4.69, 9.17) is 14.2 Å². The van der Waals surface area contributed by atoms with Crippen molar-refractivity contribution in [3.05, 3.63) is 60.2 Å². The summed E-state index contributed by atoms with van der Waals surface area (Å²) in [5, 5.41) is 9.35. The standard InChI is InChI=1S/C22H23N3O4/c1-27-19-10-15(11-20(28-2)22(19)29-3)13-24-25-21(26)14-23-18-9-8-16-6-4-5-7-17(16)12-18/h4-13,23H,14H2,1-3H3,(H,25,26). The predicted molar refractivity (Wildman–Crippen MR) is 114 cm³/mol. The Labute approximate surface area is 169 Å². The first-order valence-electron chi connectivity index (χ1n) is 8.99. The van der Waals surface area contributed by atoms with E-state index in [1.54, 1.807) is 26.4 Å². The molecular formula is C22H23N3O4. The van der Waals surface area contributed by atoms with Crippen molar-refractivity contribution in [3.63, 3.8) is 0 Å². The molecular weight excluding hydrogens is 370 g/mol. The van der Waals surface area contributed by atoms with Gasteiger partial charge in [0.05, 0.1) is 34.1 Å². The van der Waals surface area contributed by atoms with E-state index in [2.05, 4.69) is 15.8 Å². The molecule has 0 radical (unpaired) electrons. The number of nitrogens with zero attached hydrogens (tertiary/aromatic N) is 1. The maximum atomic E-state index is 12.1. The molecule has 29 heavy (non-hydrogen) atoms. The third-order valence-corrected chi connectivity index (χ3v) is 4.29. The molecule has 0 atom stereocenters. The molecule has 3 aromatic carbocycles. The molecule has 2 N–H and O–H groups in total. The number of carbonyl (C=O) groups excluding carboxylic acids is 1. The van der Waals surface area contributed by atoms with Gasteiger partial charge in [-0.2, -0.15) is 5.10 Å². The minimum atomic E-state index is -0.262. The first kappa shape index (κ1) is 20.0. The maximum absolute atomic E-state index is 12.1. The van der Waals surface area contributed by atoms with E-state index in [1.807, 2.05) is 42.5 Å². The number of anilines is 1. The van der Waals surface area contributed by atoms with E-state index in [9.17, 15) is 4.79 Å². The summed E-state index contributed by atoms with van der Waals surface area (Å²) >= 11 is 0. The SMILES string of the molecule is COc1cc(C=NNC(=O)CNc2ccc3ccccc3c2)cc(OC)c1OC. The van der Waals surface area contributed by atoms with Gasteiger partial charge in [0.15, 0.2) is 11.5 Å². The van der Waals surface area contributed by atoms with Crippen LogP contribution in [0.3, 0.4) is 0 Å². The summed E-state index contributed by atoms with van der Waals surface area (Å²) in [4.78, 5) is 12.1. The predicted octanol–water partition coefficient (Wildman–Crippen LogP) is 3.43. The molecule has 3 rings (SSSR count). The number of nitrogens with one attached hydrogen (secondary N) is 2. The Balaban J connectivity index is 1.59. The summed E-state index contributed by atoms with van der Waals surface area (Å²) in [6.07, 6.45) is 1.51. The maximum Gasteiger partial charge on any atom is 0.259 e. The lowest BCUT2D eigenvalue weighted by Gasteiger charge is -2.12. The van der Waals surface area contributed by atoms with E-state index in [1.165, 1.54) is 13.3 Å². The summed E-state index contributed by atoms with van der Waals surface area (Å²) < 4.78 is 15.9. The zero-order valence-corrected chi connectivity index (χ0v) is 16.6.